The monoisotopic (exact) mass is 603 g/mol. The number of carbonyl (C=O) groups is 1. The summed E-state index contributed by atoms with van der Waals surface area (Å²) in [7, 11) is 3.30. The third-order valence-corrected chi connectivity index (χ3v) is 9.09. The summed E-state index contributed by atoms with van der Waals surface area (Å²) < 4.78 is 31.5. The van der Waals surface area contributed by atoms with Gasteiger partial charge < -0.3 is 24.0 Å². The number of hydrogen-bond acceptors (Lipinski definition) is 6. The quantitative estimate of drug-likeness (QED) is 0.249. The largest absolute Gasteiger partial charge is 0.496 e. The number of para-hydroxylation sites is 1. The molecule has 3 aromatic rings. The van der Waals surface area contributed by atoms with E-state index in [9.17, 15) is 9.18 Å². The van der Waals surface area contributed by atoms with Gasteiger partial charge in [0.1, 0.15) is 23.9 Å². The van der Waals surface area contributed by atoms with Gasteiger partial charge in [0.25, 0.3) is 0 Å². The number of hydrogen-bond donors (Lipinski definition) is 0. The van der Waals surface area contributed by atoms with Crippen molar-refractivity contribution in [2.24, 2.45) is 5.92 Å². The van der Waals surface area contributed by atoms with E-state index in [0.29, 0.717) is 57.3 Å². The van der Waals surface area contributed by atoms with Crippen molar-refractivity contribution in [1.29, 1.82) is 0 Å². The van der Waals surface area contributed by atoms with Crippen molar-refractivity contribution in [3.05, 3.63) is 95.3 Å². The van der Waals surface area contributed by atoms with Gasteiger partial charge in [-0.25, -0.2) is 4.39 Å². The van der Waals surface area contributed by atoms with Crippen LogP contribution in [0.3, 0.4) is 0 Å². The lowest BCUT2D eigenvalue weighted by molar-refractivity contribution is -0.136. The molecule has 0 bridgehead atoms. The van der Waals surface area contributed by atoms with Crippen LogP contribution in [0.4, 0.5) is 4.39 Å². The number of likely N-dealkylation sites (tertiary alicyclic amines) is 1. The minimum atomic E-state index is -0.273. The summed E-state index contributed by atoms with van der Waals surface area (Å²) in [5.74, 6) is 1.22. The number of amides is 1. The van der Waals surface area contributed by atoms with E-state index in [1.807, 2.05) is 23.1 Å². The molecule has 0 aromatic heterocycles. The Morgan fingerprint density at radius 3 is 2.25 bits per heavy atom. The number of nitrogens with zero attached hydrogens (tertiary/aromatic N) is 3. The van der Waals surface area contributed by atoms with Gasteiger partial charge in [-0.2, -0.15) is 0 Å². The molecule has 2 heterocycles. The topological polar surface area (TPSA) is 54.5 Å². The van der Waals surface area contributed by atoms with Crippen molar-refractivity contribution in [2.75, 3.05) is 73.2 Å². The van der Waals surface area contributed by atoms with Crippen LogP contribution in [0.15, 0.2) is 72.8 Å². The van der Waals surface area contributed by atoms with E-state index in [0.717, 1.165) is 50.2 Å². The third kappa shape index (κ3) is 8.17. The van der Waals surface area contributed by atoms with E-state index in [1.165, 1.54) is 11.6 Å². The summed E-state index contributed by atoms with van der Waals surface area (Å²) in [5, 5.41) is 0. The molecule has 2 aliphatic rings. The highest BCUT2D eigenvalue weighted by atomic mass is 19.1. The lowest BCUT2D eigenvalue weighted by Gasteiger charge is -2.40. The third-order valence-electron chi connectivity index (χ3n) is 9.09. The van der Waals surface area contributed by atoms with Crippen molar-refractivity contribution in [1.82, 2.24) is 14.7 Å². The predicted octanol–water partition coefficient (Wildman–Crippen LogP) is 5.24. The van der Waals surface area contributed by atoms with E-state index < -0.39 is 0 Å². The van der Waals surface area contributed by atoms with E-state index in [2.05, 4.69) is 46.2 Å². The van der Waals surface area contributed by atoms with E-state index in [1.54, 1.807) is 26.4 Å². The zero-order chi connectivity index (χ0) is 30.7. The summed E-state index contributed by atoms with van der Waals surface area (Å²) in [6.07, 6.45) is 2.99. The zero-order valence-electron chi connectivity index (χ0n) is 26.1. The Morgan fingerprint density at radius 1 is 0.818 bits per heavy atom. The van der Waals surface area contributed by atoms with Crippen LogP contribution in [0.25, 0.3) is 0 Å². The highest BCUT2D eigenvalue weighted by molar-refractivity contribution is 5.85. The van der Waals surface area contributed by atoms with Crippen LogP contribution < -0.4 is 9.47 Å². The standard InChI is InChI=1S/C36H46FN3O4/c1-42-25-26-44-34-14-8-12-32(37)31(34)27-39-21-23-40(24-22-39)36(41)35(30-11-6-7-13-33(30)43-2)29-16-19-38(20-17-29)18-15-28-9-4-3-5-10-28/h3-14,29,35H,15-27H2,1-2H3. The van der Waals surface area contributed by atoms with E-state index in [4.69, 9.17) is 14.2 Å². The Bertz CT molecular complexity index is 1320. The Labute approximate surface area is 261 Å². The van der Waals surface area contributed by atoms with E-state index in [-0.39, 0.29) is 23.6 Å². The highest BCUT2D eigenvalue weighted by Gasteiger charge is 2.37. The number of carbonyl (C=O) groups excluding carboxylic acids is 1. The van der Waals surface area contributed by atoms with Gasteiger partial charge in [0.15, 0.2) is 0 Å². The molecule has 0 N–H and O–H groups in total. The first-order chi connectivity index (χ1) is 21.6. The molecule has 44 heavy (non-hydrogen) atoms. The van der Waals surface area contributed by atoms with Gasteiger partial charge in [-0.3, -0.25) is 9.69 Å². The Balaban J connectivity index is 1.23. The lowest BCUT2D eigenvalue weighted by atomic mass is 9.78. The second-order valence-electron chi connectivity index (χ2n) is 11.8. The number of halogens is 1. The van der Waals surface area contributed by atoms with Gasteiger partial charge in [-0.1, -0.05) is 54.6 Å². The van der Waals surface area contributed by atoms with Gasteiger partial charge in [0.2, 0.25) is 5.91 Å². The predicted molar refractivity (Wildman–Crippen MR) is 171 cm³/mol. The number of rotatable bonds is 13. The van der Waals surface area contributed by atoms with Crippen molar-refractivity contribution in [3.63, 3.8) is 0 Å². The number of benzene rings is 3. The molecular weight excluding hydrogens is 557 g/mol. The molecule has 0 spiro atoms. The summed E-state index contributed by atoms with van der Waals surface area (Å²) >= 11 is 0. The zero-order valence-corrected chi connectivity index (χ0v) is 26.1. The number of piperazine rings is 1. The molecule has 1 atom stereocenters. The van der Waals surface area contributed by atoms with Crippen LogP contribution in [-0.4, -0.2) is 93.9 Å². The van der Waals surface area contributed by atoms with Crippen molar-refractivity contribution >= 4 is 5.91 Å². The van der Waals surface area contributed by atoms with Crippen LogP contribution in [0.1, 0.15) is 35.4 Å². The van der Waals surface area contributed by atoms with Crippen LogP contribution in [0.2, 0.25) is 0 Å². The minimum Gasteiger partial charge on any atom is -0.496 e. The molecule has 2 saturated heterocycles. The summed E-state index contributed by atoms with van der Waals surface area (Å²) in [5.41, 5.74) is 2.89. The van der Waals surface area contributed by atoms with Crippen molar-refractivity contribution < 1.29 is 23.4 Å². The first-order valence-electron chi connectivity index (χ1n) is 15.9. The molecule has 0 aliphatic carbocycles. The van der Waals surface area contributed by atoms with E-state index >= 15 is 0 Å². The Kier molecular flexibility index (Phi) is 11.6. The number of piperidine rings is 1. The smallest absolute Gasteiger partial charge is 0.230 e. The molecule has 0 radical (unpaired) electrons. The maximum absolute atomic E-state index is 14.8. The molecule has 2 fully saturated rings. The fourth-order valence-corrected chi connectivity index (χ4v) is 6.56. The van der Waals surface area contributed by atoms with Crippen molar-refractivity contribution in [2.45, 2.75) is 31.7 Å². The minimum absolute atomic E-state index is 0.173. The number of ether oxygens (including phenoxy) is 3. The molecule has 236 valence electrons. The molecule has 1 unspecified atom stereocenters. The SMILES string of the molecule is COCCOc1cccc(F)c1CN1CCN(C(=O)C(c2ccccc2OC)C2CCN(CCc3ccccc3)CC2)CC1. The van der Waals surface area contributed by atoms with Gasteiger partial charge in [0.05, 0.1) is 19.6 Å². The Morgan fingerprint density at radius 2 is 1.52 bits per heavy atom. The molecule has 2 aliphatic heterocycles. The van der Waals surface area contributed by atoms with Crippen LogP contribution in [0, 0.1) is 11.7 Å². The van der Waals surface area contributed by atoms with Crippen LogP contribution >= 0.6 is 0 Å². The first kappa shape index (κ1) is 31.9. The average Bonchev–Trinajstić information content (AvgIpc) is 3.07. The fraction of sp³-hybridized carbons (Fsp3) is 0.472. The maximum atomic E-state index is 14.8. The molecule has 8 heteroatoms. The summed E-state index contributed by atoms with van der Waals surface area (Å²) in [6.45, 7) is 6.82. The van der Waals surface area contributed by atoms with Crippen LogP contribution in [0.5, 0.6) is 11.5 Å². The Hall–Kier alpha value is -3.46. The summed E-state index contributed by atoms with van der Waals surface area (Å²) in [4.78, 5) is 21.1. The van der Waals surface area contributed by atoms with Crippen molar-refractivity contribution in [3.8, 4) is 11.5 Å². The molecule has 1 amide bonds. The fourth-order valence-electron chi connectivity index (χ4n) is 6.56. The highest BCUT2D eigenvalue weighted by Crippen LogP contribution is 2.39. The van der Waals surface area contributed by atoms with Gasteiger partial charge in [-0.15, -0.1) is 0 Å². The second kappa shape index (κ2) is 16.0. The normalized spacial score (nSPS) is 17.4. The van der Waals surface area contributed by atoms with Gasteiger partial charge in [0, 0.05) is 57.5 Å². The lowest BCUT2D eigenvalue weighted by Crippen LogP contribution is -2.51. The maximum Gasteiger partial charge on any atom is 0.230 e. The average molecular weight is 604 g/mol. The molecule has 0 saturated carbocycles. The molecular formula is C36H46FN3O4. The first-order valence-corrected chi connectivity index (χ1v) is 15.9. The van der Waals surface area contributed by atoms with Gasteiger partial charge >= 0.3 is 0 Å². The van der Waals surface area contributed by atoms with Gasteiger partial charge in [-0.05, 0) is 62.0 Å². The second-order valence-corrected chi connectivity index (χ2v) is 11.8. The van der Waals surface area contributed by atoms with Crippen LogP contribution in [-0.2, 0) is 22.5 Å². The molecule has 5 rings (SSSR count). The molecule has 3 aromatic carbocycles. The summed E-state index contributed by atoms with van der Waals surface area (Å²) in [6, 6.07) is 23.6. The number of methoxy groups -OCH3 is 2. The molecule has 7 nitrogen and oxygen atoms in total.